The summed E-state index contributed by atoms with van der Waals surface area (Å²) in [5, 5.41) is 4.87. The van der Waals surface area contributed by atoms with Crippen molar-refractivity contribution in [3.63, 3.8) is 0 Å². The Morgan fingerprint density at radius 3 is 2.54 bits per heavy atom. The molecule has 0 aliphatic carbocycles. The number of nitrogens with one attached hydrogen (secondary N) is 1. The molecule has 1 aromatic heterocycles. The molecule has 28 heavy (non-hydrogen) atoms. The highest BCUT2D eigenvalue weighted by Gasteiger charge is 2.26. The van der Waals surface area contributed by atoms with Crippen LogP contribution in [-0.2, 0) is 26.1 Å². The van der Waals surface area contributed by atoms with Gasteiger partial charge < -0.3 is 10.1 Å². The predicted octanol–water partition coefficient (Wildman–Crippen LogP) is 2.23. The van der Waals surface area contributed by atoms with Gasteiger partial charge in [0.05, 0.1) is 24.2 Å². The van der Waals surface area contributed by atoms with Gasteiger partial charge in [0, 0.05) is 30.2 Å². The van der Waals surface area contributed by atoms with E-state index in [1.807, 2.05) is 36.4 Å². The lowest BCUT2D eigenvalue weighted by atomic mass is 10.2. The Labute approximate surface area is 170 Å². The molecule has 152 valence electrons. The number of anilines is 1. The van der Waals surface area contributed by atoms with E-state index in [0.29, 0.717) is 38.5 Å². The molecule has 3 rings (SSSR count). The number of sulfonamides is 1. The monoisotopic (exact) mass is 423 g/mol. The molecule has 0 spiro atoms. The van der Waals surface area contributed by atoms with Crippen LogP contribution in [0.5, 0.6) is 0 Å². The number of amides is 1. The van der Waals surface area contributed by atoms with Crippen molar-refractivity contribution in [2.45, 2.75) is 24.4 Å². The first-order valence-electron chi connectivity index (χ1n) is 9.09. The minimum Gasteiger partial charge on any atom is -0.379 e. The summed E-state index contributed by atoms with van der Waals surface area (Å²) in [6.07, 6.45) is 0. The highest BCUT2D eigenvalue weighted by atomic mass is 32.2. The van der Waals surface area contributed by atoms with E-state index in [2.05, 4.69) is 5.32 Å². The van der Waals surface area contributed by atoms with Gasteiger partial charge in [0.25, 0.3) is 0 Å². The molecule has 7 nitrogen and oxygen atoms in total. The lowest BCUT2D eigenvalue weighted by Crippen LogP contribution is -2.40. The third-order valence-electron chi connectivity index (χ3n) is 4.76. The number of morpholine rings is 1. The van der Waals surface area contributed by atoms with Gasteiger partial charge in [0.15, 0.2) is 0 Å². The van der Waals surface area contributed by atoms with Crippen molar-refractivity contribution in [1.29, 1.82) is 0 Å². The second kappa shape index (κ2) is 9.15. The van der Waals surface area contributed by atoms with Gasteiger partial charge in [-0.2, -0.15) is 4.31 Å². The van der Waals surface area contributed by atoms with E-state index in [1.54, 1.807) is 23.5 Å². The fraction of sp³-hybridized carbons (Fsp3) is 0.421. The van der Waals surface area contributed by atoms with Crippen LogP contribution in [0.2, 0.25) is 0 Å². The Morgan fingerprint density at radius 1 is 1.25 bits per heavy atom. The van der Waals surface area contributed by atoms with Crippen molar-refractivity contribution in [3.8, 4) is 0 Å². The van der Waals surface area contributed by atoms with Crippen LogP contribution in [0.1, 0.15) is 11.8 Å². The molecule has 0 unspecified atom stereocenters. The number of rotatable bonds is 7. The van der Waals surface area contributed by atoms with Crippen LogP contribution in [0.3, 0.4) is 0 Å². The standard InChI is InChI=1S/C19H25N3O4S2/c1-15(21(2)14-17-4-3-13-27-17)19(23)20-16-5-7-18(8-6-16)28(24,25)22-9-11-26-12-10-22/h3-8,13,15H,9-12,14H2,1-2H3,(H,20,23)/t15-/m0/s1. The summed E-state index contributed by atoms with van der Waals surface area (Å²) in [6, 6.07) is 10.0. The van der Waals surface area contributed by atoms with E-state index in [9.17, 15) is 13.2 Å². The Hall–Kier alpha value is -1.78. The average molecular weight is 424 g/mol. The Balaban J connectivity index is 1.61. The van der Waals surface area contributed by atoms with E-state index in [1.165, 1.54) is 21.3 Å². The van der Waals surface area contributed by atoms with Crippen molar-refractivity contribution in [3.05, 3.63) is 46.7 Å². The molecule has 1 atom stereocenters. The van der Waals surface area contributed by atoms with Gasteiger partial charge >= 0.3 is 0 Å². The molecule has 1 saturated heterocycles. The second-order valence-electron chi connectivity index (χ2n) is 6.70. The third kappa shape index (κ3) is 4.98. The maximum absolute atomic E-state index is 12.6. The van der Waals surface area contributed by atoms with Crippen molar-refractivity contribution < 1.29 is 17.9 Å². The van der Waals surface area contributed by atoms with Crippen LogP contribution in [0, 0.1) is 0 Å². The highest BCUT2D eigenvalue weighted by molar-refractivity contribution is 7.89. The van der Waals surface area contributed by atoms with Gasteiger partial charge in [-0.25, -0.2) is 8.42 Å². The largest absolute Gasteiger partial charge is 0.379 e. The lowest BCUT2D eigenvalue weighted by molar-refractivity contribution is -0.120. The quantitative estimate of drug-likeness (QED) is 0.739. The molecular formula is C19H25N3O4S2. The molecule has 1 amide bonds. The van der Waals surface area contributed by atoms with Gasteiger partial charge in [0.2, 0.25) is 15.9 Å². The topological polar surface area (TPSA) is 79.0 Å². The van der Waals surface area contributed by atoms with Crippen LogP contribution >= 0.6 is 11.3 Å². The number of benzene rings is 1. The SMILES string of the molecule is C[C@@H](C(=O)Nc1ccc(S(=O)(=O)N2CCOCC2)cc1)N(C)Cc1cccs1. The zero-order valence-electron chi connectivity index (χ0n) is 16.0. The summed E-state index contributed by atoms with van der Waals surface area (Å²) in [6.45, 7) is 4.07. The van der Waals surface area contributed by atoms with Crippen molar-refractivity contribution in [2.75, 3.05) is 38.7 Å². The molecule has 0 bridgehead atoms. The van der Waals surface area contributed by atoms with Gasteiger partial charge in [-0.05, 0) is 49.7 Å². The maximum Gasteiger partial charge on any atom is 0.243 e. The molecule has 9 heteroatoms. The average Bonchev–Trinajstić information content (AvgIpc) is 3.21. The van der Waals surface area contributed by atoms with E-state index < -0.39 is 10.0 Å². The minimum atomic E-state index is -3.53. The van der Waals surface area contributed by atoms with E-state index in [4.69, 9.17) is 4.74 Å². The van der Waals surface area contributed by atoms with E-state index in [0.717, 1.165) is 0 Å². The number of carbonyl (C=O) groups is 1. The maximum atomic E-state index is 12.6. The Morgan fingerprint density at radius 2 is 1.93 bits per heavy atom. The minimum absolute atomic E-state index is 0.136. The normalized spacial score (nSPS) is 16.8. The van der Waals surface area contributed by atoms with Gasteiger partial charge in [-0.15, -0.1) is 11.3 Å². The van der Waals surface area contributed by atoms with Gasteiger partial charge in [-0.1, -0.05) is 6.07 Å². The number of thiophene rings is 1. The molecule has 0 saturated carbocycles. The molecule has 2 heterocycles. The summed E-state index contributed by atoms with van der Waals surface area (Å²) in [7, 11) is -1.63. The van der Waals surface area contributed by atoms with Crippen molar-refractivity contribution >= 4 is 33.0 Å². The summed E-state index contributed by atoms with van der Waals surface area (Å²) in [4.78, 5) is 15.9. The molecular weight excluding hydrogens is 398 g/mol. The van der Waals surface area contributed by atoms with Gasteiger partial charge in [0.1, 0.15) is 0 Å². The Bertz CT molecular complexity index is 876. The van der Waals surface area contributed by atoms with Crippen LogP contribution in [-0.4, -0.2) is 62.9 Å². The molecule has 1 N–H and O–H groups in total. The van der Waals surface area contributed by atoms with E-state index in [-0.39, 0.29) is 16.8 Å². The molecule has 1 aliphatic heterocycles. The fourth-order valence-corrected chi connectivity index (χ4v) is 5.05. The van der Waals surface area contributed by atoms with Crippen LogP contribution in [0.25, 0.3) is 0 Å². The number of hydrogen-bond donors (Lipinski definition) is 1. The molecule has 2 aromatic rings. The second-order valence-corrected chi connectivity index (χ2v) is 9.67. The Kier molecular flexibility index (Phi) is 6.84. The highest BCUT2D eigenvalue weighted by Crippen LogP contribution is 2.20. The van der Waals surface area contributed by atoms with Crippen molar-refractivity contribution in [2.24, 2.45) is 0 Å². The third-order valence-corrected chi connectivity index (χ3v) is 7.53. The number of hydrogen-bond acceptors (Lipinski definition) is 6. The summed E-state index contributed by atoms with van der Waals surface area (Å²) >= 11 is 1.66. The molecule has 1 fully saturated rings. The summed E-state index contributed by atoms with van der Waals surface area (Å²) in [5.74, 6) is -0.136. The summed E-state index contributed by atoms with van der Waals surface area (Å²) < 4.78 is 31.9. The predicted molar refractivity (Wildman–Crippen MR) is 110 cm³/mol. The number of likely N-dealkylation sites (N-methyl/N-ethyl adjacent to an activating group) is 1. The van der Waals surface area contributed by atoms with Crippen LogP contribution in [0.15, 0.2) is 46.7 Å². The van der Waals surface area contributed by atoms with E-state index >= 15 is 0 Å². The first-order chi connectivity index (χ1) is 13.4. The number of ether oxygens (including phenoxy) is 1. The lowest BCUT2D eigenvalue weighted by Gasteiger charge is -2.26. The zero-order chi connectivity index (χ0) is 20.1. The smallest absolute Gasteiger partial charge is 0.243 e. The first kappa shape index (κ1) is 20.9. The first-order valence-corrected chi connectivity index (χ1v) is 11.4. The van der Waals surface area contributed by atoms with Crippen molar-refractivity contribution in [1.82, 2.24) is 9.21 Å². The number of carbonyl (C=O) groups excluding carboxylic acids is 1. The van der Waals surface area contributed by atoms with Gasteiger partial charge in [-0.3, -0.25) is 9.69 Å². The number of nitrogens with zero attached hydrogens (tertiary/aromatic N) is 2. The molecule has 1 aliphatic rings. The molecule has 1 aromatic carbocycles. The molecule has 0 radical (unpaired) electrons. The van der Waals surface area contributed by atoms with Crippen LogP contribution in [0.4, 0.5) is 5.69 Å². The zero-order valence-corrected chi connectivity index (χ0v) is 17.6. The fourth-order valence-electron chi connectivity index (χ4n) is 2.88. The summed E-state index contributed by atoms with van der Waals surface area (Å²) in [5.41, 5.74) is 0.572. The van der Waals surface area contributed by atoms with Crippen LogP contribution < -0.4 is 5.32 Å².